The number of hydrogen-bond acceptors (Lipinski definition) is 2. The van der Waals surface area contributed by atoms with Gasteiger partial charge in [-0.1, -0.05) is 0 Å². The average Bonchev–Trinajstić information content (AvgIpc) is 2.08. The molecular formula is C10H10FNO. The molecular weight excluding hydrogens is 169 g/mol. The van der Waals surface area contributed by atoms with Crippen molar-refractivity contribution in [2.24, 2.45) is 0 Å². The molecule has 1 heterocycles. The van der Waals surface area contributed by atoms with Crippen molar-refractivity contribution in [3.63, 3.8) is 0 Å². The molecule has 0 aromatic heterocycles. The van der Waals surface area contributed by atoms with Crippen LogP contribution in [0.5, 0.6) is 0 Å². The Morgan fingerprint density at radius 1 is 1.38 bits per heavy atom. The van der Waals surface area contributed by atoms with E-state index in [2.05, 4.69) is 0 Å². The van der Waals surface area contributed by atoms with Crippen LogP contribution in [-0.2, 0) is 4.79 Å². The van der Waals surface area contributed by atoms with E-state index < -0.39 is 0 Å². The van der Waals surface area contributed by atoms with E-state index in [0.717, 1.165) is 24.9 Å². The lowest BCUT2D eigenvalue weighted by Gasteiger charge is -2.39. The summed E-state index contributed by atoms with van der Waals surface area (Å²) in [7, 11) is 0. The van der Waals surface area contributed by atoms with Crippen molar-refractivity contribution in [2.45, 2.75) is 12.5 Å². The second-order valence-electron chi connectivity index (χ2n) is 3.16. The van der Waals surface area contributed by atoms with Gasteiger partial charge in [0.25, 0.3) is 0 Å². The summed E-state index contributed by atoms with van der Waals surface area (Å²) in [5, 5.41) is 0. The Kier molecular flexibility index (Phi) is 2.00. The SMILES string of the molecule is O=CC1CCN1c1ccc(F)cc1. The van der Waals surface area contributed by atoms with E-state index in [1.54, 1.807) is 12.1 Å². The molecule has 0 spiro atoms. The molecule has 0 bridgehead atoms. The summed E-state index contributed by atoms with van der Waals surface area (Å²) in [6, 6.07) is 6.21. The molecule has 1 aromatic rings. The summed E-state index contributed by atoms with van der Waals surface area (Å²) in [6.07, 6.45) is 1.84. The Labute approximate surface area is 76.0 Å². The van der Waals surface area contributed by atoms with E-state index in [-0.39, 0.29) is 11.9 Å². The summed E-state index contributed by atoms with van der Waals surface area (Å²) in [5.41, 5.74) is 0.921. The molecule has 1 aliphatic rings. The third kappa shape index (κ3) is 1.41. The number of rotatable bonds is 2. The minimum Gasteiger partial charge on any atom is -0.362 e. The fourth-order valence-electron chi connectivity index (χ4n) is 1.50. The zero-order valence-corrected chi connectivity index (χ0v) is 7.11. The molecule has 0 saturated carbocycles. The van der Waals surface area contributed by atoms with Gasteiger partial charge in [-0.05, 0) is 30.7 Å². The van der Waals surface area contributed by atoms with Gasteiger partial charge in [0.15, 0.2) is 0 Å². The first-order valence-electron chi connectivity index (χ1n) is 4.29. The second-order valence-corrected chi connectivity index (χ2v) is 3.16. The number of carbonyl (C=O) groups excluding carboxylic acids is 1. The van der Waals surface area contributed by atoms with Crippen LogP contribution in [0, 0.1) is 5.82 Å². The minimum absolute atomic E-state index is 0.00883. The van der Waals surface area contributed by atoms with E-state index in [1.165, 1.54) is 12.1 Å². The van der Waals surface area contributed by atoms with E-state index in [9.17, 15) is 9.18 Å². The molecule has 0 N–H and O–H groups in total. The van der Waals surface area contributed by atoms with Crippen molar-refractivity contribution < 1.29 is 9.18 Å². The van der Waals surface area contributed by atoms with E-state index in [4.69, 9.17) is 0 Å². The number of halogens is 1. The maximum absolute atomic E-state index is 12.6. The standard InChI is InChI=1S/C10H10FNO/c11-8-1-3-9(4-2-8)12-6-5-10(12)7-13/h1-4,7,10H,5-6H2. The van der Waals surface area contributed by atoms with Gasteiger partial charge in [-0.3, -0.25) is 0 Å². The van der Waals surface area contributed by atoms with Gasteiger partial charge in [0.1, 0.15) is 12.1 Å². The van der Waals surface area contributed by atoms with Crippen molar-refractivity contribution >= 4 is 12.0 Å². The fourth-order valence-corrected chi connectivity index (χ4v) is 1.50. The van der Waals surface area contributed by atoms with E-state index in [1.807, 2.05) is 4.90 Å². The first kappa shape index (κ1) is 8.23. The van der Waals surface area contributed by atoms with Gasteiger partial charge >= 0.3 is 0 Å². The van der Waals surface area contributed by atoms with Crippen LogP contribution in [-0.4, -0.2) is 18.9 Å². The van der Waals surface area contributed by atoms with Gasteiger partial charge in [-0.25, -0.2) is 4.39 Å². The summed E-state index contributed by atoms with van der Waals surface area (Å²) in [5.74, 6) is -0.244. The van der Waals surface area contributed by atoms with Crippen LogP contribution in [0.2, 0.25) is 0 Å². The second kappa shape index (κ2) is 3.17. The average molecular weight is 179 g/mol. The molecule has 0 aliphatic carbocycles. The van der Waals surface area contributed by atoms with Crippen LogP contribution in [0.25, 0.3) is 0 Å². The highest BCUT2D eigenvalue weighted by Crippen LogP contribution is 2.24. The highest BCUT2D eigenvalue weighted by atomic mass is 19.1. The molecule has 13 heavy (non-hydrogen) atoms. The number of aldehydes is 1. The lowest BCUT2D eigenvalue weighted by atomic mass is 10.0. The van der Waals surface area contributed by atoms with E-state index >= 15 is 0 Å². The normalized spacial score (nSPS) is 21.0. The summed E-state index contributed by atoms with van der Waals surface area (Å²) < 4.78 is 12.6. The third-order valence-electron chi connectivity index (χ3n) is 2.38. The number of nitrogens with zero attached hydrogens (tertiary/aromatic N) is 1. The topological polar surface area (TPSA) is 20.3 Å². The number of hydrogen-bond donors (Lipinski definition) is 0. The van der Waals surface area contributed by atoms with E-state index in [0.29, 0.717) is 0 Å². The first-order chi connectivity index (χ1) is 6.31. The number of carbonyl (C=O) groups is 1. The lowest BCUT2D eigenvalue weighted by Crippen LogP contribution is -2.48. The predicted molar refractivity (Wildman–Crippen MR) is 48.2 cm³/mol. The quantitative estimate of drug-likeness (QED) is 0.643. The third-order valence-corrected chi connectivity index (χ3v) is 2.38. The summed E-state index contributed by atoms with van der Waals surface area (Å²) in [4.78, 5) is 12.5. The van der Waals surface area contributed by atoms with Gasteiger partial charge in [-0.15, -0.1) is 0 Å². The molecule has 2 rings (SSSR count). The highest BCUT2D eigenvalue weighted by Gasteiger charge is 2.27. The maximum Gasteiger partial charge on any atom is 0.142 e. The Balaban J connectivity index is 2.17. The van der Waals surface area contributed by atoms with Crippen LogP contribution in [0.4, 0.5) is 10.1 Å². The van der Waals surface area contributed by atoms with Gasteiger partial charge < -0.3 is 9.69 Å². The van der Waals surface area contributed by atoms with Gasteiger partial charge in [0, 0.05) is 12.2 Å². The molecule has 1 aromatic carbocycles. The first-order valence-corrected chi connectivity index (χ1v) is 4.29. The molecule has 3 heteroatoms. The van der Waals surface area contributed by atoms with Crippen LogP contribution < -0.4 is 4.90 Å². The Hall–Kier alpha value is -1.38. The Bertz CT molecular complexity index is 309. The van der Waals surface area contributed by atoms with Gasteiger partial charge in [0.05, 0.1) is 6.04 Å². The zero-order chi connectivity index (χ0) is 9.26. The molecule has 2 nitrogen and oxygen atoms in total. The summed E-state index contributed by atoms with van der Waals surface area (Å²) >= 11 is 0. The van der Waals surface area contributed by atoms with Crippen molar-refractivity contribution in [3.8, 4) is 0 Å². The van der Waals surface area contributed by atoms with Crippen molar-refractivity contribution in [2.75, 3.05) is 11.4 Å². The smallest absolute Gasteiger partial charge is 0.142 e. The molecule has 0 radical (unpaired) electrons. The monoisotopic (exact) mass is 179 g/mol. The molecule has 68 valence electrons. The molecule has 1 fully saturated rings. The van der Waals surface area contributed by atoms with Crippen LogP contribution in [0.15, 0.2) is 24.3 Å². The van der Waals surface area contributed by atoms with Crippen LogP contribution in [0.3, 0.4) is 0 Å². The minimum atomic E-state index is -0.244. The maximum atomic E-state index is 12.6. The fraction of sp³-hybridized carbons (Fsp3) is 0.300. The predicted octanol–water partition coefficient (Wildman–Crippen LogP) is 1.60. The van der Waals surface area contributed by atoms with Crippen molar-refractivity contribution in [1.29, 1.82) is 0 Å². The summed E-state index contributed by atoms with van der Waals surface area (Å²) in [6.45, 7) is 0.884. The largest absolute Gasteiger partial charge is 0.362 e. The molecule has 1 unspecified atom stereocenters. The molecule has 0 amide bonds. The Morgan fingerprint density at radius 3 is 2.54 bits per heavy atom. The number of anilines is 1. The Morgan fingerprint density at radius 2 is 2.08 bits per heavy atom. The molecule has 1 atom stereocenters. The van der Waals surface area contributed by atoms with Gasteiger partial charge in [0.2, 0.25) is 0 Å². The van der Waals surface area contributed by atoms with Gasteiger partial charge in [-0.2, -0.15) is 0 Å². The molecule has 1 aliphatic heterocycles. The lowest BCUT2D eigenvalue weighted by molar-refractivity contribution is -0.109. The van der Waals surface area contributed by atoms with Crippen LogP contribution in [0.1, 0.15) is 6.42 Å². The highest BCUT2D eigenvalue weighted by molar-refractivity contribution is 5.69. The van der Waals surface area contributed by atoms with Crippen molar-refractivity contribution in [1.82, 2.24) is 0 Å². The number of benzene rings is 1. The molecule has 1 saturated heterocycles. The van der Waals surface area contributed by atoms with Crippen LogP contribution >= 0.6 is 0 Å². The zero-order valence-electron chi connectivity index (χ0n) is 7.11. The van der Waals surface area contributed by atoms with Crippen molar-refractivity contribution in [3.05, 3.63) is 30.1 Å².